The fourth-order valence-electron chi connectivity index (χ4n) is 4.29. The maximum Gasteiger partial charge on any atom is 0.221 e. The summed E-state index contributed by atoms with van der Waals surface area (Å²) in [6.07, 6.45) is 6.19. The van der Waals surface area contributed by atoms with E-state index in [1.165, 1.54) is 11.1 Å². The summed E-state index contributed by atoms with van der Waals surface area (Å²) in [5, 5.41) is 3.27. The zero-order valence-corrected chi connectivity index (χ0v) is 18.0. The Morgan fingerprint density at radius 3 is 2.10 bits per heavy atom. The number of aromatic nitrogens is 1. The van der Waals surface area contributed by atoms with Gasteiger partial charge in [0, 0.05) is 30.6 Å². The molecule has 1 heterocycles. The van der Waals surface area contributed by atoms with Crippen molar-refractivity contribution in [2.75, 3.05) is 0 Å². The zero-order valence-electron chi connectivity index (χ0n) is 18.0. The van der Waals surface area contributed by atoms with Gasteiger partial charge in [-0.05, 0) is 49.3 Å². The van der Waals surface area contributed by atoms with Crippen molar-refractivity contribution in [2.24, 2.45) is 0 Å². The smallest absolute Gasteiger partial charge is 0.221 e. The topological polar surface area (TPSA) is 51.2 Å². The van der Waals surface area contributed by atoms with Gasteiger partial charge in [-0.2, -0.15) is 0 Å². The number of carbonyl (C=O) groups excluding carboxylic acids is 1. The molecule has 160 valence electrons. The molecule has 0 aliphatic heterocycles. The Bertz CT molecular complexity index is 910. The van der Waals surface area contributed by atoms with Crippen LogP contribution in [0.4, 0.5) is 0 Å². The molecule has 4 heteroatoms. The van der Waals surface area contributed by atoms with E-state index in [4.69, 9.17) is 4.74 Å². The molecule has 1 aliphatic rings. The standard InChI is InChI=1S/C27H30N2O2/c1-20-12-17-27(28-19-20)31-24-15-13-23(14-16-24)29-26(30)18-25(21-8-4-2-5-9-21)22-10-6-3-7-11-22/h2-12,17,19,23-25H,13-16,18H2,1H3,(H,29,30). The first-order valence-electron chi connectivity index (χ1n) is 11.2. The maximum absolute atomic E-state index is 12.9. The van der Waals surface area contributed by atoms with Crippen LogP contribution in [-0.4, -0.2) is 23.0 Å². The second kappa shape index (κ2) is 10.3. The molecule has 0 spiro atoms. The van der Waals surface area contributed by atoms with Crippen LogP contribution in [0.1, 0.15) is 54.7 Å². The van der Waals surface area contributed by atoms with Gasteiger partial charge < -0.3 is 10.1 Å². The number of benzene rings is 2. The van der Waals surface area contributed by atoms with Gasteiger partial charge >= 0.3 is 0 Å². The van der Waals surface area contributed by atoms with E-state index in [9.17, 15) is 4.79 Å². The minimum Gasteiger partial charge on any atom is -0.474 e. The molecule has 0 saturated heterocycles. The molecular formula is C27H30N2O2. The quantitative estimate of drug-likeness (QED) is 0.562. The fraction of sp³-hybridized carbons (Fsp3) is 0.333. The van der Waals surface area contributed by atoms with Crippen LogP contribution in [0, 0.1) is 6.92 Å². The molecule has 2 aromatic carbocycles. The molecule has 1 saturated carbocycles. The van der Waals surface area contributed by atoms with Crippen LogP contribution >= 0.6 is 0 Å². The number of pyridine rings is 1. The van der Waals surface area contributed by atoms with Crippen LogP contribution in [0.5, 0.6) is 5.88 Å². The summed E-state index contributed by atoms with van der Waals surface area (Å²) in [7, 11) is 0. The normalized spacial score (nSPS) is 18.5. The average Bonchev–Trinajstić information content (AvgIpc) is 2.81. The molecule has 1 aliphatic carbocycles. The Balaban J connectivity index is 1.31. The predicted molar refractivity (Wildman–Crippen MR) is 123 cm³/mol. The highest BCUT2D eigenvalue weighted by Crippen LogP contribution is 2.28. The molecule has 3 aromatic rings. The first-order chi connectivity index (χ1) is 15.2. The van der Waals surface area contributed by atoms with Gasteiger partial charge in [0.25, 0.3) is 0 Å². The first kappa shape index (κ1) is 21.1. The van der Waals surface area contributed by atoms with Crippen LogP contribution in [0.2, 0.25) is 0 Å². The van der Waals surface area contributed by atoms with Gasteiger partial charge in [-0.3, -0.25) is 4.79 Å². The number of nitrogens with one attached hydrogen (secondary N) is 1. The van der Waals surface area contributed by atoms with Crippen molar-refractivity contribution in [2.45, 2.75) is 57.1 Å². The second-order valence-electron chi connectivity index (χ2n) is 8.41. The lowest BCUT2D eigenvalue weighted by Gasteiger charge is -2.29. The summed E-state index contributed by atoms with van der Waals surface area (Å²) in [5.74, 6) is 0.864. The number of amides is 1. The van der Waals surface area contributed by atoms with E-state index in [0.29, 0.717) is 12.3 Å². The SMILES string of the molecule is Cc1ccc(OC2CCC(NC(=O)CC(c3ccccc3)c3ccccc3)CC2)nc1. The molecule has 1 fully saturated rings. The van der Waals surface area contributed by atoms with E-state index in [0.717, 1.165) is 31.2 Å². The summed E-state index contributed by atoms with van der Waals surface area (Å²) in [6.45, 7) is 2.02. The average molecular weight is 415 g/mol. The minimum absolute atomic E-state index is 0.0645. The van der Waals surface area contributed by atoms with Crippen LogP contribution in [-0.2, 0) is 4.79 Å². The number of nitrogens with zero attached hydrogens (tertiary/aromatic N) is 1. The Hall–Kier alpha value is -3.14. The molecular weight excluding hydrogens is 384 g/mol. The van der Waals surface area contributed by atoms with Crippen molar-refractivity contribution >= 4 is 5.91 Å². The Kier molecular flexibility index (Phi) is 6.98. The monoisotopic (exact) mass is 414 g/mol. The predicted octanol–water partition coefficient (Wildman–Crippen LogP) is 5.42. The number of ether oxygens (including phenoxy) is 1. The van der Waals surface area contributed by atoms with Crippen LogP contribution in [0.3, 0.4) is 0 Å². The van der Waals surface area contributed by atoms with Gasteiger partial charge in [-0.25, -0.2) is 4.98 Å². The number of carbonyl (C=O) groups is 1. The van der Waals surface area contributed by atoms with E-state index in [-0.39, 0.29) is 24.0 Å². The molecule has 0 unspecified atom stereocenters. The molecule has 4 rings (SSSR count). The Morgan fingerprint density at radius 2 is 1.55 bits per heavy atom. The van der Waals surface area contributed by atoms with Gasteiger partial charge in [-0.15, -0.1) is 0 Å². The van der Waals surface area contributed by atoms with E-state index in [2.05, 4.69) is 34.6 Å². The van der Waals surface area contributed by atoms with Crippen LogP contribution in [0.25, 0.3) is 0 Å². The van der Waals surface area contributed by atoms with E-state index in [1.807, 2.05) is 61.7 Å². The summed E-state index contributed by atoms with van der Waals surface area (Å²) in [5.41, 5.74) is 3.47. The molecule has 1 N–H and O–H groups in total. The summed E-state index contributed by atoms with van der Waals surface area (Å²) in [4.78, 5) is 17.3. The van der Waals surface area contributed by atoms with Gasteiger partial charge in [0.1, 0.15) is 6.10 Å². The lowest BCUT2D eigenvalue weighted by atomic mass is 9.87. The fourth-order valence-corrected chi connectivity index (χ4v) is 4.29. The van der Waals surface area contributed by atoms with Crippen molar-refractivity contribution in [3.63, 3.8) is 0 Å². The van der Waals surface area contributed by atoms with E-state index < -0.39 is 0 Å². The summed E-state index contributed by atoms with van der Waals surface area (Å²) >= 11 is 0. The van der Waals surface area contributed by atoms with Crippen LogP contribution in [0.15, 0.2) is 79.0 Å². The Labute approximate surface area is 184 Å². The molecule has 1 aromatic heterocycles. The molecule has 4 nitrogen and oxygen atoms in total. The number of rotatable bonds is 7. The maximum atomic E-state index is 12.9. The number of hydrogen-bond acceptors (Lipinski definition) is 3. The molecule has 0 bridgehead atoms. The zero-order chi connectivity index (χ0) is 21.5. The Morgan fingerprint density at radius 1 is 0.935 bits per heavy atom. The lowest BCUT2D eigenvalue weighted by molar-refractivity contribution is -0.122. The van der Waals surface area contributed by atoms with Gasteiger partial charge in [0.15, 0.2) is 0 Å². The third-order valence-corrected chi connectivity index (χ3v) is 6.00. The first-order valence-corrected chi connectivity index (χ1v) is 11.2. The molecule has 0 atom stereocenters. The largest absolute Gasteiger partial charge is 0.474 e. The van der Waals surface area contributed by atoms with Crippen molar-refractivity contribution < 1.29 is 9.53 Å². The summed E-state index contributed by atoms with van der Waals surface area (Å²) < 4.78 is 6.02. The highest BCUT2D eigenvalue weighted by Gasteiger charge is 2.25. The van der Waals surface area contributed by atoms with Crippen LogP contribution < -0.4 is 10.1 Å². The van der Waals surface area contributed by atoms with E-state index in [1.54, 1.807) is 0 Å². The van der Waals surface area contributed by atoms with Gasteiger partial charge in [-0.1, -0.05) is 66.7 Å². The third-order valence-electron chi connectivity index (χ3n) is 6.00. The van der Waals surface area contributed by atoms with Crippen molar-refractivity contribution in [3.05, 3.63) is 95.7 Å². The minimum atomic E-state index is 0.0645. The molecule has 0 radical (unpaired) electrons. The lowest BCUT2D eigenvalue weighted by Crippen LogP contribution is -2.40. The number of hydrogen-bond donors (Lipinski definition) is 1. The third kappa shape index (κ3) is 5.94. The van der Waals surface area contributed by atoms with Gasteiger partial charge in [0.2, 0.25) is 11.8 Å². The summed E-state index contributed by atoms with van der Waals surface area (Å²) in [6, 6.07) is 24.7. The highest BCUT2D eigenvalue weighted by atomic mass is 16.5. The van der Waals surface area contributed by atoms with E-state index >= 15 is 0 Å². The van der Waals surface area contributed by atoms with Crippen molar-refractivity contribution in [1.82, 2.24) is 10.3 Å². The van der Waals surface area contributed by atoms with Gasteiger partial charge in [0.05, 0.1) is 0 Å². The van der Waals surface area contributed by atoms with Crippen molar-refractivity contribution in [3.8, 4) is 5.88 Å². The highest BCUT2D eigenvalue weighted by molar-refractivity contribution is 5.78. The molecule has 31 heavy (non-hydrogen) atoms. The van der Waals surface area contributed by atoms with Crippen molar-refractivity contribution in [1.29, 1.82) is 0 Å². The number of aryl methyl sites for hydroxylation is 1. The second-order valence-corrected chi connectivity index (χ2v) is 8.41. The molecule has 1 amide bonds.